The van der Waals surface area contributed by atoms with Crippen molar-refractivity contribution in [2.75, 3.05) is 19.6 Å². The van der Waals surface area contributed by atoms with Crippen LogP contribution in [0.2, 0.25) is 0 Å². The summed E-state index contributed by atoms with van der Waals surface area (Å²) in [4.78, 5) is 24.2. The van der Waals surface area contributed by atoms with Gasteiger partial charge in [0.25, 0.3) is 5.91 Å². The van der Waals surface area contributed by atoms with Gasteiger partial charge in [0, 0.05) is 60.9 Å². The van der Waals surface area contributed by atoms with Crippen molar-refractivity contribution in [3.05, 3.63) is 70.4 Å². The number of benzene rings is 1. The summed E-state index contributed by atoms with van der Waals surface area (Å²) in [5, 5.41) is 6.39. The second kappa shape index (κ2) is 9.28. The first kappa shape index (κ1) is 24.7. The zero-order valence-corrected chi connectivity index (χ0v) is 22.3. The van der Waals surface area contributed by atoms with Crippen LogP contribution in [-0.4, -0.2) is 56.3 Å². The maximum atomic E-state index is 13.5. The van der Waals surface area contributed by atoms with Crippen molar-refractivity contribution in [3.8, 4) is 28.5 Å². The monoisotopic (exact) mass is 532 g/mol. The summed E-state index contributed by atoms with van der Waals surface area (Å²) in [5.41, 5.74) is 12.1. The molecule has 2 aliphatic rings. The quantitative estimate of drug-likeness (QED) is 0.384. The molecule has 1 saturated heterocycles. The predicted octanol–water partition coefficient (Wildman–Crippen LogP) is 4.13. The van der Waals surface area contributed by atoms with E-state index in [1.807, 2.05) is 22.4 Å². The van der Waals surface area contributed by atoms with Crippen molar-refractivity contribution < 1.29 is 13.9 Å². The molecule has 4 aromatic rings. The van der Waals surface area contributed by atoms with Gasteiger partial charge >= 0.3 is 0 Å². The minimum absolute atomic E-state index is 0.000890. The van der Waals surface area contributed by atoms with Crippen LogP contribution in [0.5, 0.6) is 5.88 Å². The third-order valence-electron chi connectivity index (χ3n) is 7.69. The molecule has 0 spiro atoms. The van der Waals surface area contributed by atoms with Crippen molar-refractivity contribution in [2.45, 2.75) is 25.4 Å². The number of ether oxygens (including phenoxy) is 1. The number of nitrogens with zero attached hydrogens (tertiary/aromatic N) is 5. The Balaban J connectivity index is 1.17. The first-order valence-corrected chi connectivity index (χ1v) is 13.5. The Morgan fingerprint density at radius 2 is 1.87 bits per heavy atom. The molecule has 1 saturated carbocycles. The van der Waals surface area contributed by atoms with Gasteiger partial charge in [-0.15, -0.1) is 11.3 Å². The van der Waals surface area contributed by atoms with E-state index in [1.165, 1.54) is 23.5 Å². The summed E-state index contributed by atoms with van der Waals surface area (Å²) in [7, 11) is 1.78. The van der Waals surface area contributed by atoms with Gasteiger partial charge in [0.1, 0.15) is 29.0 Å². The molecule has 3 aromatic heterocycles. The van der Waals surface area contributed by atoms with Crippen LogP contribution in [0.4, 0.5) is 4.39 Å². The highest BCUT2D eigenvalue weighted by molar-refractivity contribution is 7.07. The molecule has 1 aromatic carbocycles. The van der Waals surface area contributed by atoms with Gasteiger partial charge in [-0.3, -0.25) is 9.48 Å². The number of carbonyl (C=O) groups is 1. The topological polar surface area (TPSA) is 99.2 Å². The van der Waals surface area contributed by atoms with Gasteiger partial charge in [-0.1, -0.05) is 13.8 Å². The number of fused-ring (bicyclic) bond motifs is 1. The molecule has 1 amide bonds. The molecule has 0 radical (unpaired) electrons. The Morgan fingerprint density at radius 3 is 2.53 bits per heavy atom. The summed E-state index contributed by atoms with van der Waals surface area (Å²) < 4.78 is 21.5. The SMILES string of the molecule is Cn1nc(-c2cscn2)cc1C(=O)N1C[C@@H]2C(Oc3cc(C(C)(C)CN)cc(-c4ccc(F)cc4)n3)[C@@H]2C1. The number of pyridine rings is 1. The minimum Gasteiger partial charge on any atom is -0.474 e. The van der Waals surface area contributed by atoms with E-state index in [0.29, 0.717) is 42.6 Å². The molecule has 2 N–H and O–H groups in total. The highest BCUT2D eigenvalue weighted by Gasteiger charge is 2.59. The second-order valence-electron chi connectivity index (χ2n) is 10.7. The van der Waals surface area contributed by atoms with Crippen molar-refractivity contribution in [1.29, 1.82) is 0 Å². The van der Waals surface area contributed by atoms with Gasteiger partial charge in [-0.2, -0.15) is 5.10 Å². The van der Waals surface area contributed by atoms with Crippen molar-refractivity contribution in [2.24, 2.45) is 24.6 Å². The summed E-state index contributed by atoms with van der Waals surface area (Å²) in [6.45, 7) is 5.88. The number of halogens is 1. The summed E-state index contributed by atoms with van der Waals surface area (Å²) in [5.74, 6) is 0.718. The highest BCUT2D eigenvalue weighted by atomic mass is 32.1. The Labute approximate surface area is 224 Å². The molecule has 0 bridgehead atoms. The third-order valence-corrected chi connectivity index (χ3v) is 8.27. The average molecular weight is 533 g/mol. The lowest BCUT2D eigenvalue weighted by atomic mass is 9.84. The van der Waals surface area contributed by atoms with Crippen LogP contribution >= 0.6 is 11.3 Å². The first-order valence-electron chi connectivity index (χ1n) is 12.6. The van der Waals surface area contributed by atoms with Crippen LogP contribution in [0.3, 0.4) is 0 Å². The molecule has 2 fully saturated rings. The molecule has 8 nitrogen and oxygen atoms in total. The molecular weight excluding hydrogens is 503 g/mol. The molecule has 1 aliphatic carbocycles. The number of amides is 1. The molecule has 3 atom stereocenters. The Morgan fingerprint density at radius 1 is 1.13 bits per heavy atom. The van der Waals surface area contributed by atoms with E-state index in [4.69, 9.17) is 15.5 Å². The van der Waals surface area contributed by atoms with Gasteiger partial charge in [0.15, 0.2) is 0 Å². The van der Waals surface area contributed by atoms with E-state index in [9.17, 15) is 9.18 Å². The number of piperidine rings is 1. The van der Waals surface area contributed by atoms with E-state index in [0.717, 1.165) is 16.8 Å². The number of thiazole rings is 1. The molecule has 6 rings (SSSR count). The molecule has 196 valence electrons. The maximum Gasteiger partial charge on any atom is 0.272 e. The number of aromatic nitrogens is 4. The summed E-state index contributed by atoms with van der Waals surface area (Å²) >= 11 is 1.50. The number of hydrogen-bond acceptors (Lipinski definition) is 7. The number of aryl methyl sites for hydroxylation is 1. The van der Waals surface area contributed by atoms with Gasteiger partial charge in [-0.05, 0) is 42.0 Å². The smallest absolute Gasteiger partial charge is 0.272 e. The van der Waals surface area contributed by atoms with E-state index < -0.39 is 0 Å². The minimum atomic E-state index is -0.293. The molecular formula is C28H29FN6O2S. The Bertz CT molecular complexity index is 1470. The number of nitrogens with two attached hydrogens (primary N) is 1. The summed E-state index contributed by atoms with van der Waals surface area (Å²) in [6.07, 6.45) is 0.000890. The standard InChI is InChI=1S/C28H29FN6O2S/c1-28(2,14-30)17-8-21(16-4-6-18(29)7-5-16)32-25(9-17)37-26-19-11-35(12-20(19)26)27(36)24-10-22(33-34(24)3)23-13-38-15-31-23/h4-10,13,15,19-20,26H,11-12,14,30H2,1-3H3/t19-,20+,26?. The van der Waals surface area contributed by atoms with E-state index >= 15 is 0 Å². The fourth-order valence-corrected chi connectivity index (χ4v) is 5.63. The lowest BCUT2D eigenvalue weighted by Gasteiger charge is -2.25. The van der Waals surface area contributed by atoms with Crippen LogP contribution in [0.15, 0.2) is 53.4 Å². The van der Waals surface area contributed by atoms with Crippen LogP contribution in [0, 0.1) is 17.7 Å². The number of likely N-dealkylation sites (tertiary alicyclic amines) is 1. The molecule has 10 heteroatoms. The van der Waals surface area contributed by atoms with Crippen molar-refractivity contribution in [1.82, 2.24) is 24.6 Å². The van der Waals surface area contributed by atoms with Gasteiger partial charge < -0.3 is 15.4 Å². The van der Waals surface area contributed by atoms with Gasteiger partial charge in [0.05, 0.1) is 11.2 Å². The molecule has 4 heterocycles. The predicted molar refractivity (Wildman–Crippen MR) is 143 cm³/mol. The van der Waals surface area contributed by atoms with E-state index in [2.05, 4.69) is 23.9 Å². The maximum absolute atomic E-state index is 13.5. The largest absolute Gasteiger partial charge is 0.474 e. The van der Waals surface area contributed by atoms with Gasteiger partial charge in [-0.25, -0.2) is 14.4 Å². The van der Waals surface area contributed by atoms with Crippen LogP contribution in [-0.2, 0) is 12.5 Å². The van der Waals surface area contributed by atoms with Crippen LogP contribution < -0.4 is 10.5 Å². The molecule has 1 aliphatic heterocycles. The van der Waals surface area contributed by atoms with Gasteiger partial charge in [0.2, 0.25) is 5.88 Å². The molecule has 38 heavy (non-hydrogen) atoms. The zero-order valence-electron chi connectivity index (χ0n) is 21.5. The summed E-state index contributed by atoms with van der Waals surface area (Å²) in [6, 6.07) is 12.0. The normalized spacial score (nSPS) is 20.4. The highest BCUT2D eigenvalue weighted by Crippen LogP contribution is 2.48. The third kappa shape index (κ3) is 4.48. The Kier molecular flexibility index (Phi) is 6.03. The number of carbonyl (C=O) groups excluding carboxylic acids is 1. The van der Waals surface area contributed by atoms with E-state index in [-0.39, 0.29) is 35.1 Å². The first-order chi connectivity index (χ1) is 18.2. The van der Waals surface area contributed by atoms with Crippen LogP contribution in [0.25, 0.3) is 22.6 Å². The lowest BCUT2D eigenvalue weighted by molar-refractivity contribution is 0.0740. The fraction of sp³-hybridized carbons (Fsp3) is 0.357. The number of hydrogen-bond donors (Lipinski definition) is 1. The fourth-order valence-electron chi connectivity index (χ4n) is 5.09. The second-order valence-corrected chi connectivity index (χ2v) is 11.4. The number of rotatable bonds is 7. The average Bonchev–Trinajstić information content (AvgIpc) is 3.42. The zero-order chi connectivity index (χ0) is 26.6. The van der Waals surface area contributed by atoms with Crippen LogP contribution in [0.1, 0.15) is 29.9 Å². The van der Waals surface area contributed by atoms with Crippen molar-refractivity contribution >= 4 is 17.2 Å². The lowest BCUT2D eigenvalue weighted by Crippen LogP contribution is -2.34. The molecule has 1 unspecified atom stereocenters. The van der Waals surface area contributed by atoms with Crippen molar-refractivity contribution in [3.63, 3.8) is 0 Å². The van der Waals surface area contributed by atoms with E-state index in [1.54, 1.807) is 35.4 Å². The Hall–Kier alpha value is -3.63.